The highest BCUT2D eigenvalue weighted by molar-refractivity contribution is 9.10. The smallest absolute Gasteiger partial charge is 0.236 e. The van der Waals surface area contributed by atoms with Crippen LogP contribution >= 0.6 is 26.6 Å². The Balaban J connectivity index is 2.27. The number of hydrogen-bond donors (Lipinski definition) is 0. The highest BCUT2D eigenvalue weighted by Gasteiger charge is 2.25. The van der Waals surface area contributed by atoms with Gasteiger partial charge in [-0.25, -0.2) is 8.42 Å². The van der Waals surface area contributed by atoms with Gasteiger partial charge in [0.2, 0.25) is 9.05 Å². The maximum Gasteiger partial charge on any atom is 0.236 e. The molecule has 88 valence electrons. The Labute approximate surface area is 107 Å². The van der Waals surface area contributed by atoms with E-state index < -0.39 is 9.05 Å². The van der Waals surface area contributed by atoms with Crippen LogP contribution in [0.2, 0.25) is 0 Å². The molecular formula is C10H10BrClO3S. The molecule has 0 bridgehead atoms. The van der Waals surface area contributed by atoms with E-state index in [1.165, 1.54) is 0 Å². The molecule has 16 heavy (non-hydrogen) atoms. The van der Waals surface area contributed by atoms with Crippen molar-refractivity contribution in [2.75, 3.05) is 0 Å². The molecule has 0 aromatic heterocycles. The predicted molar refractivity (Wildman–Crippen MR) is 66.3 cm³/mol. The average Bonchev–Trinajstić information content (AvgIpc) is 2.91. The normalized spacial score (nSPS) is 16.1. The first kappa shape index (κ1) is 12.2. The van der Waals surface area contributed by atoms with Gasteiger partial charge in [0.25, 0.3) is 0 Å². The molecule has 2 rings (SSSR count). The van der Waals surface area contributed by atoms with Crippen molar-refractivity contribution in [1.82, 2.24) is 0 Å². The molecule has 0 atom stereocenters. The summed E-state index contributed by atoms with van der Waals surface area (Å²) in [4.78, 5) is 0. The molecule has 1 aliphatic carbocycles. The molecule has 0 aliphatic heterocycles. The van der Waals surface area contributed by atoms with E-state index in [0.717, 1.165) is 17.3 Å². The van der Waals surface area contributed by atoms with Crippen LogP contribution in [-0.2, 0) is 14.8 Å². The van der Waals surface area contributed by atoms with E-state index in [4.69, 9.17) is 15.4 Å². The van der Waals surface area contributed by atoms with Crippen molar-refractivity contribution >= 4 is 35.7 Å². The van der Waals surface area contributed by atoms with Crippen LogP contribution in [0.25, 0.3) is 0 Å². The van der Waals surface area contributed by atoms with Crippen LogP contribution in [0, 0.1) is 0 Å². The minimum absolute atomic E-state index is 0.212. The molecule has 0 radical (unpaired) electrons. The van der Waals surface area contributed by atoms with E-state index >= 15 is 0 Å². The van der Waals surface area contributed by atoms with Gasteiger partial charge in [-0.2, -0.15) is 0 Å². The van der Waals surface area contributed by atoms with Gasteiger partial charge >= 0.3 is 0 Å². The fourth-order valence-electron chi connectivity index (χ4n) is 1.33. The second-order valence-corrected chi connectivity index (χ2v) is 7.45. The van der Waals surface area contributed by atoms with Gasteiger partial charge in [0.1, 0.15) is 5.75 Å². The van der Waals surface area contributed by atoms with Gasteiger partial charge in [-0.1, -0.05) is 15.9 Å². The molecule has 3 nitrogen and oxygen atoms in total. The van der Waals surface area contributed by atoms with Crippen LogP contribution in [0.4, 0.5) is 0 Å². The summed E-state index contributed by atoms with van der Waals surface area (Å²) in [6.45, 7) is 0. The number of benzene rings is 1. The Morgan fingerprint density at radius 3 is 2.69 bits per heavy atom. The molecular weight excluding hydrogens is 316 g/mol. The Bertz CT molecular complexity index is 497. The van der Waals surface area contributed by atoms with Crippen LogP contribution in [0.3, 0.4) is 0 Å². The largest absolute Gasteiger partial charge is 0.490 e. The molecule has 0 unspecified atom stereocenters. The van der Waals surface area contributed by atoms with E-state index in [1.54, 1.807) is 12.1 Å². The van der Waals surface area contributed by atoms with Crippen molar-refractivity contribution in [2.24, 2.45) is 0 Å². The minimum Gasteiger partial charge on any atom is -0.490 e. The van der Waals surface area contributed by atoms with Crippen molar-refractivity contribution in [1.29, 1.82) is 0 Å². The summed E-state index contributed by atoms with van der Waals surface area (Å²) in [6.07, 6.45) is 2.30. The van der Waals surface area contributed by atoms with Gasteiger partial charge in [0.15, 0.2) is 0 Å². The number of rotatable bonds is 4. The van der Waals surface area contributed by atoms with Gasteiger partial charge in [0, 0.05) is 20.7 Å². The number of hydrogen-bond acceptors (Lipinski definition) is 3. The maximum atomic E-state index is 11.1. The van der Waals surface area contributed by atoms with E-state index in [9.17, 15) is 8.42 Å². The third-order valence-electron chi connectivity index (χ3n) is 2.17. The van der Waals surface area contributed by atoms with Crippen LogP contribution in [-0.4, -0.2) is 14.5 Å². The monoisotopic (exact) mass is 324 g/mol. The molecule has 1 aromatic rings. The van der Waals surface area contributed by atoms with Crippen molar-refractivity contribution in [3.8, 4) is 5.75 Å². The first-order valence-corrected chi connectivity index (χ1v) is 8.08. The zero-order chi connectivity index (χ0) is 11.8. The quantitative estimate of drug-likeness (QED) is 0.799. The van der Waals surface area contributed by atoms with E-state index in [2.05, 4.69) is 15.9 Å². The van der Waals surface area contributed by atoms with Crippen LogP contribution in [0.15, 0.2) is 22.7 Å². The molecule has 0 N–H and O–H groups in total. The standard InChI is InChI=1S/C10H10BrClO3S/c11-8-1-4-10(15-9-2-3-9)7(5-8)6-16(12,13)14/h1,4-5,9H,2-3,6H2. The summed E-state index contributed by atoms with van der Waals surface area (Å²) >= 11 is 3.29. The summed E-state index contributed by atoms with van der Waals surface area (Å²) < 4.78 is 28.5. The third kappa shape index (κ3) is 3.64. The molecule has 1 fully saturated rings. The lowest BCUT2D eigenvalue weighted by Gasteiger charge is -2.10. The summed E-state index contributed by atoms with van der Waals surface area (Å²) in [5.74, 6) is 0.394. The molecule has 0 saturated heterocycles. The fourth-order valence-corrected chi connectivity index (χ4v) is 2.69. The van der Waals surface area contributed by atoms with E-state index in [0.29, 0.717) is 11.3 Å². The van der Waals surface area contributed by atoms with Gasteiger partial charge in [-0.05, 0) is 31.0 Å². The van der Waals surface area contributed by atoms with Gasteiger partial charge in [-0.3, -0.25) is 0 Å². The van der Waals surface area contributed by atoms with Gasteiger partial charge in [0.05, 0.1) is 11.9 Å². The lowest BCUT2D eigenvalue weighted by molar-refractivity contribution is 0.300. The second kappa shape index (κ2) is 4.55. The summed E-state index contributed by atoms with van der Waals surface area (Å²) in [6, 6.07) is 5.31. The van der Waals surface area contributed by atoms with Crippen molar-refractivity contribution < 1.29 is 13.2 Å². The van der Waals surface area contributed by atoms with Crippen LogP contribution in [0.1, 0.15) is 18.4 Å². The molecule has 0 spiro atoms. The highest BCUT2D eigenvalue weighted by atomic mass is 79.9. The van der Waals surface area contributed by atoms with Crippen LogP contribution in [0.5, 0.6) is 5.75 Å². The zero-order valence-electron chi connectivity index (χ0n) is 8.32. The van der Waals surface area contributed by atoms with E-state index in [1.807, 2.05) is 6.07 Å². The lowest BCUT2D eigenvalue weighted by atomic mass is 10.2. The van der Waals surface area contributed by atoms with Gasteiger partial charge < -0.3 is 4.74 Å². The summed E-state index contributed by atoms with van der Waals surface area (Å²) in [5.41, 5.74) is 0.594. The Kier molecular flexibility index (Phi) is 3.47. The molecule has 0 amide bonds. The summed E-state index contributed by atoms with van der Waals surface area (Å²) in [7, 11) is 1.69. The van der Waals surface area contributed by atoms with Crippen molar-refractivity contribution in [3.63, 3.8) is 0 Å². The Hall–Kier alpha value is -0.260. The number of halogens is 2. The van der Waals surface area contributed by atoms with Crippen molar-refractivity contribution in [2.45, 2.75) is 24.7 Å². The van der Waals surface area contributed by atoms with E-state index in [-0.39, 0.29) is 11.9 Å². The van der Waals surface area contributed by atoms with Crippen LogP contribution < -0.4 is 4.74 Å². The highest BCUT2D eigenvalue weighted by Crippen LogP contribution is 2.32. The maximum absolute atomic E-state index is 11.1. The first-order chi connectivity index (χ1) is 7.44. The van der Waals surface area contributed by atoms with Crippen molar-refractivity contribution in [3.05, 3.63) is 28.2 Å². The molecule has 1 saturated carbocycles. The first-order valence-electron chi connectivity index (χ1n) is 4.81. The summed E-state index contributed by atoms with van der Waals surface area (Å²) in [5, 5.41) is 0. The second-order valence-electron chi connectivity index (χ2n) is 3.75. The fraction of sp³-hybridized carbons (Fsp3) is 0.400. The third-order valence-corrected chi connectivity index (χ3v) is 3.64. The SMILES string of the molecule is O=S(=O)(Cl)Cc1cc(Br)ccc1OC1CC1. The lowest BCUT2D eigenvalue weighted by Crippen LogP contribution is -2.02. The Morgan fingerprint density at radius 2 is 2.12 bits per heavy atom. The zero-order valence-corrected chi connectivity index (χ0v) is 11.5. The van der Waals surface area contributed by atoms with Gasteiger partial charge in [-0.15, -0.1) is 0 Å². The molecule has 6 heteroatoms. The topological polar surface area (TPSA) is 43.4 Å². The molecule has 1 aromatic carbocycles. The number of ether oxygens (including phenoxy) is 1. The minimum atomic E-state index is -3.56. The Morgan fingerprint density at radius 1 is 1.44 bits per heavy atom. The molecule has 0 heterocycles. The predicted octanol–water partition coefficient (Wildman–Crippen LogP) is 3.06. The average molecular weight is 326 g/mol. The molecule has 1 aliphatic rings.